The number of nitrogens with zero attached hydrogens (tertiary/aromatic N) is 2. The maximum Gasteiger partial charge on any atom is 0.269 e. The van der Waals surface area contributed by atoms with Crippen LogP contribution in [0.2, 0.25) is 0 Å². The van der Waals surface area contributed by atoms with Crippen molar-refractivity contribution in [2.75, 3.05) is 13.1 Å². The number of nitro benzene ring substituents is 1. The minimum Gasteiger partial charge on any atom is -0.342 e. The summed E-state index contributed by atoms with van der Waals surface area (Å²) in [5.41, 5.74) is 2.06. The summed E-state index contributed by atoms with van der Waals surface area (Å²) in [6, 6.07) is 17.1. The van der Waals surface area contributed by atoms with Crippen molar-refractivity contribution in [3.63, 3.8) is 0 Å². The van der Waals surface area contributed by atoms with Crippen molar-refractivity contribution in [3.8, 4) is 0 Å². The van der Waals surface area contributed by atoms with Crippen LogP contribution >= 0.6 is 0 Å². The van der Waals surface area contributed by atoms with Gasteiger partial charge in [0, 0.05) is 30.6 Å². The van der Waals surface area contributed by atoms with Crippen LogP contribution in [0.5, 0.6) is 0 Å². The van der Waals surface area contributed by atoms with E-state index in [0.717, 1.165) is 31.5 Å². The van der Waals surface area contributed by atoms with Gasteiger partial charge in [0.15, 0.2) is 0 Å². The summed E-state index contributed by atoms with van der Waals surface area (Å²) < 4.78 is 0. The molecule has 4 rings (SSSR count). The van der Waals surface area contributed by atoms with E-state index in [2.05, 4.69) is 19.1 Å². The molecule has 1 saturated heterocycles. The maximum absolute atomic E-state index is 12.8. The summed E-state index contributed by atoms with van der Waals surface area (Å²) in [5, 5.41) is 11.0. The third kappa shape index (κ3) is 2.68. The Bertz CT molecular complexity index is 851. The van der Waals surface area contributed by atoms with Gasteiger partial charge in [0.05, 0.1) is 10.8 Å². The number of piperidine rings is 1. The van der Waals surface area contributed by atoms with Gasteiger partial charge in [0.25, 0.3) is 5.69 Å². The maximum atomic E-state index is 12.8. The number of carbonyl (C=O) groups is 1. The molecule has 1 amide bonds. The van der Waals surface area contributed by atoms with Crippen molar-refractivity contribution in [1.29, 1.82) is 0 Å². The first-order valence-corrected chi connectivity index (χ1v) is 9.09. The lowest BCUT2D eigenvalue weighted by Gasteiger charge is -2.24. The molecular weight excluding hydrogens is 328 g/mol. The van der Waals surface area contributed by atoms with Gasteiger partial charge in [-0.2, -0.15) is 0 Å². The van der Waals surface area contributed by atoms with E-state index in [-0.39, 0.29) is 33.8 Å². The highest BCUT2D eigenvalue weighted by Crippen LogP contribution is 2.64. The highest BCUT2D eigenvalue weighted by atomic mass is 16.6. The predicted molar refractivity (Wildman–Crippen MR) is 98.8 cm³/mol. The van der Waals surface area contributed by atoms with Crippen molar-refractivity contribution in [2.24, 2.45) is 11.8 Å². The fourth-order valence-corrected chi connectivity index (χ4v) is 4.52. The first-order valence-electron chi connectivity index (χ1n) is 9.09. The van der Waals surface area contributed by atoms with Gasteiger partial charge in [0.1, 0.15) is 0 Å². The number of amides is 1. The van der Waals surface area contributed by atoms with E-state index >= 15 is 0 Å². The van der Waals surface area contributed by atoms with Crippen LogP contribution in [0, 0.1) is 22.0 Å². The summed E-state index contributed by atoms with van der Waals surface area (Å²) in [7, 11) is 0. The van der Waals surface area contributed by atoms with Crippen molar-refractivity contribution in [2.45, 2.75) is 25.2 Å². The number of hydrogen-bond donors (Lipinski definition) is 0. The van der Waals surface area contributed by atoms with E-state index in [4.69, 9.17) is 0 Å². The molecule has 1 heterocycles. The zero-order valence-electron chi connectivity index (χ0n) is 14.8. The Kier molecular flexibility index (Phi) is 4.02. The molecule has 5 nitrogen and oxygen atoms in total. The molecule has 2 aliphatic rings. The predicted octanol–water partition coefficient (Wildman–Crippen LogP) is 3.57. The number of hydrogen-bond acceptors (Lipinski definition) is 3. The van der Waals surface area contributed by atoms with Crippen molar-refractivity contribution in [3.05, 3.63) is 75.8 Å². The van der Waals surface area contributed by atoms with Crippen LogP contribution in [-0.2, 0) is 16.6 Å². The smallest absolute Gasteiger partial charge is 0.269 e. The molecule has 3 atom stereocenters. The third-order valence-corrected chi connectivity index (χ3v) is 6.12. The lowest BCUT2D eigenvalue weighted by molar-refractivity contribution is -0.384. The molecule has 3 unspecified atom stereocenters. The normalized spacial score (nSPS) is 26.7. The molecule has 2 aromatic carbocycles. The van der Waals surface area contributed by atoms with Crippen LogP contribution in [-0.4, -0.2) is 28.8 Å². The van der Waals surface area contributed by atoms with Crippen molar-refractivity contribution in [1.82, 2.24) is 4.90 Å². The lowest BCUT2D eigenvalue weighted by atomic mass is 9.91. The Morgan fingerprint density at radius 3 is 2.62 bits per heavy atom. The Morgan fingerprint density at radius 1 is 1.19 bits per heavy atom. The Hall–Kier alpha value is -2.69. The molecule has 0 spiro atoms. The first kappa shape index (κ1) is 16.8. The van der Waals surface area contributed by atoms with Gasteiger partial charge in [-0.15, -0.1) is 0 Å². The standard InChI is InChI=1S/C21H22N2O3/c1-21(16-10-5-11-17(13-16)23(25)26)18-14-22(20(24)19(18)21)12-6-9-15-7-3-2-4-8-15/h2-5,7-8,10-11,13,18-19H,6,9,12,14H2,1H3. The number of carbonyl (C=O) groups excluding carboxylic acids is 1. The summed E-state index contributed by atoms with van der Waals surface area (Å²) >= 11 is 0. The van der Waals surface area contributed by atoms with Crippen LogP contribution in [0.3, 0.4) is 0 Å². The Balaban J connectivity index is 1.39. The fourth-order valence-electron chi connectivity index (χ4n) is 4.52. The molecule has 1 saturated carbocycles. The van der Waals surface area contributed by atoms with Crippen LogP contribution in [0.15, 0.2) is 54.6 Å². The molecule has 26 heavy (non-hydrogen) atoms. The van der Waals surface area contributed by atoms with Crippen LogP contribution in [0.4, 0.5) is 5.69 Å². The fraction of sp³-hybridized carbons (Fsp3) is 0.381. The van der Waals surface area contributed by atoms with Crippen molar-refractivity contribution >= 4 is 11.6 Å². The highest BCUT2D eigenvalue weighted by molar-refractivity contribution is 5.88. The van der Waals surface area contributed by atoms with E-state index in [1.807, 2.05) is 29.2 Å². The van der Waals surface area contributed by atoms with Gasteiger partial charge < -0.3 is 4.90 Å². The van der Waals surface area contributed by atoms with E-state index in [1.54, 1.807) is 12.1 Å². The lowest BCUT2D eigenvalue weighted by Crippen LogP contribution is -2.34. The van der Waals surface area contributed by atoms with Gasteiger partial charge in [-0.05, 0) is 29.9 Å². The molecule has 5 heteroatoms. The quantitative estimate of drug-likeness (QED) is 0.591. The van der Waals surface area contributed by atoms with Gasteiger partial charge in [0.2, 0.25) is 5.91 Å². The van der Waals surface area contributed by atoms with Crippen LogP contribution in [0.25, 0.3) is 0 Å². The minimum atomic E-state index is -0.372. The zero-order chi connectivity index (χ0) is 18.3. The molecule has 134 valence electrons. The van der Waals surface area contributed by atoms with Crippen LogP contribution in [0.1, 0.15) is 24.5 Å². The Labute approximate surface area is 152 Å². The molecule has 0 radical (unpaired) electrons. The van der Waals surface area contributed by atoms with E-state index in [1.165, 1.54) is 11.6 Å². The number of likely N-dealkylation sites (tertiary alicyclic amines) is 1. The molecule has 2 fully saturated rings. The van der Waals surface area contributed by atoms with Gasteiger partial charge in [-0.1, -0.05) is 49.4 Å². The Morgan fingerprint density at radius 2 is 1.96 bits per heavy atom. The molecular formula is C21H22N2O3. The summed E-state index contributed by atoms with van der Waals surface area (Å²) in [5.74, 6) is 0.451. The second-order valence-electron chi connectivity index (χ2n) is 7.55. The topological polar surface area (TPSA) is 63.5 Å². The summed E-state index contributed by atoms with van der Waals surface area (Å²) in [6.07, 6.45) is 1.94. The molecule has 0 bridgehead atoms. The number of nitro groups is 1. The average Bonchev–Trinajstić information content (AvgIpc) is 3.10. The number of aryl methyl sites for hydroxylation is 1. The van der Waals surface area contributed by atoms with E-state index in [0.29, 0.717) is 0 Å². The number of rotatable bonds is 6. The summed E-state index contributed by atoms with van der Waals surface area (Å²) in [6.45, 7) is 3.61. The molecule has 1 aliphatic carbocycles. The number of benzene rings is 2. The van der Waals surface area contributed by atoms with E-state index < -0.39 is 0 Å². The first-order chi connectivity index (χ1) is 12.5. The molecule has 0 N–H and O–H groups in total. The number of non-ortho nitro benzene ring substituents is 1. The van der Waals surface area contributed by atoms with Gasteiger partial charge in [-0.25, -0.2) is 0 Å². The van der Waals surface area contributed by atoms with Crippen LogP contribution < -0.4 is 0 Å². The van der Waals surface area contributed by atoms with Crippen molar-refractivity contribution < 1.29 is 9.72 Å². The van der Waals surface area contributed by atoms with Gasteiger partial charge >= 0.3 is 0 Å². The highest BCUT2D eigenvalue weighted by Gasteiger charge is 2.70. The monoisotopic (exact) mass is 350 g/mol. The third-order valence-electron chi connectivity index (χ3n) is 6.12. The second-order valence-corrected chi connectivity index (χ2v) is 7.55. The van der Waals surface area contributed by atoms with E-state index in [9.17, 15) is 14.9 Å². The zero-order valence-corrected chi connectivity index (χ0v) is 14.8. The SMILES string of the molecule is CC1(c2cccc([N+](=O)[O-])c2)C2CN(CCCc3ccccc3)C(=O)C21. The molecule has 1 aliphatic heterocycles. The molecule has 2 aromatic rings. The second kappa shape index (κ2) is 6.24. The average molecular weight is 350 g/mol. The summed E-state index contributed by atoms with van der Waals surface area (Å²) in [4.78, 5) is 25.4. The van der Waals surface area contributed by atoms with Gasteiger partial charge in [-0.3, -0.25) is 14.9 Å². The largest absolute Gasteiger partial charge is 0.342 e. The minimum absolute atomic E-state index is 0.0266. The number of fused-ring (bicyclic) bond motifs is 1. The molecule has 0 aromatic heterocycles.